The van der Waals surface area contributed by atoms with Crippen LogP contribution in [0.4, 0.5) is 23.7 Å². The number of nitrogens with zero attached hydrogens (tertiary/aromatic N) is 1. The number of carbonyl (C=O) groups excluding carboxylic acids is 2. The SMILES string of the molecule is CNC(=O)c1cc(Oc2ccc(CNC(=O)Nc3cccc(S(=O)(=O)C(F)(F)F)c3)cc2C)ccn1. The van der Waals surface area contributed by atoms with Crippen molar-refractivity contribution in [1.29, 1.82) is 0 Å². The van der Waals surface area contributed by atoms with E-state index in [2.05, 4.69) is 20.9 Å². The molecule has 190 valence electrons. The fraction of sp³-hybridized carbons (Fsp3) is 0.174. The lowest BCUT2D eigenvalue weighted by Gasteiger charge is -2.13. The van der Waals surface area contributed by atoms with Crippen LogP contribution in [0.25, 0.3) is 0 Å². The summed E-state index contributed by atoms with van der Waals surface area (Å²) in [5.41, 5.74) is -3.94. The highest BCUT2D eigenvalue weighted by molar-refractivity contribution is 7.92. The highest BCUT2D eigenvalue weighted by Crippen LogP contribution is 2.31. The minimum Gasteiger partial charge on any atom is -0.457 e. The average molecular weight is 523 g/mol. The summed E-state index contributed by atoms with van der Waals surface area (Å²) < 4.78 is 67.2. The molecular formula is C23H21F3N4O5S. The first-order valence-corrected chi connectivity index (χ1v) is 11.8. The Morgan fingerprint density at radius 1 is 1.06 bits per heavy atom. The Hall–Kier alpha value is -4.13. The van der Waals surface area contributed by atoms with Crippen molar-refractivity contribution in [3.63, 3.8) is 0 Å². The first kappa shape index (κ1) is 26.5. The standard InChI is InChI=1S/C23H21F3N4O5S/c1-14-10-15(6-7-20(14)35-17-8-9-28-19(12-17)21(31)27-2)13-29-22(32)30-16-4-3-5-18(11-16)36(33,34)23(24,25)26/h3-12H,13H2,1-2H3,(H,27,31)(H2,29,30,32). The van der Waals surface area contributed by atoms with Gasteiger partial charge in [-0.25, -0.2) is 13.2 Å². The number of hydrogen-bond donors (Lipinski definition) is 3. The van der Waals surface area contributed by atoms with Crippen LogP contribution in [0, 0.1) is 6.92 Å². The lowest BCUT2D eigenvalue weighted by molar-refractivity contribution is -0.0436. The molecule has 0 saturated carbocycles. The van der Waals surface area contributed by atoms with Crippen LogP contribution in [0.3, 0.4) is 0 Å². The molecule has 3 aromatic rings. The predicted molar refractivity (Wildman–Crippen MR) is 124 cm³/mol. The molecule has 0 aliphatic heterocycles. The van der Waals surface area contributed by atoms with Crippen molar-refractivity contribution >= 4 is 27.5 Å². The third kappa shape index (κ3) is 6.30. The largest absolute Gasteiger partial charge is 0.501 e. The van der Waals surface area contributed by atoms with E-state index in [-0.39, 0.29) is 23.8 Å². The molecule has 0 spiro atoms. The van der Waals surface area contributed by atoms with Gasteiger partial charge in [0.2, 0.25) is 0 Å². The molecule has 2 aromatic carbocycles. The molecule has 0 radical (unpaired) electrons. The van der Waals surface area contributed by atoms with Crippen molar-refractivity contribution in [2.45, 2.75) is 23.9 Å². The highest BCUT2D eigenvalue weighted by atomic mass is 32.2. The molecule has 0 atom stereocenters. The molecule has 13 heteroatoms. The predicted octanol–water partition coefficient (Wildman–Crippen LogP) is 4.16. The number of carbonyl (C=O) groups is 2. The number of aryl methyl sites for hydroxylation is 1. The van der Waals surface area contributed by atoms with E-state index in [1.807, 2.05) is 0 Å². The first-order chi connectivity index (χ1) is 16.9. The number of ether oxygens (including phenoxy) is 1. The van der Waals surface area contributed by atoms with E-state index in [9.17, 15) is 31.2 Å². The van der Waals surface area contributed by atoms with Crippen LogP contribution in [-0.4, -0.2) is 37.9 Å². The Morgan fingerprint density at radius 2 is 1.81 bits per heavy atom. The lowest BCUT2D eigenvalue weighted by Crippen LogP contribution is -2.28. The molecule has 0 bridgehead atoms. The average Bonchev–Trinajstić information content (AvgIpc) is 2.83. The molecule has 0 unspecified atom stereocenters. The van der Waals surface area contributed by atoms with Crippen LogP contribution in [0.1, 0.15) is 21.6 Å². The number of amides is 3. The van der Waals surface area contributed by atoms with Gasteiger partial charge >= 0.3 is 11.5 Å². The number of aromatic nitrogens is 1. The Bertz CT molecular complexity index is 1390. The summed E-state index contributed by atoms with van der Waals surface area (Å²) in [5.74, 6) is 0.567. The number of halogens is 3. The lowest BCUT2D eigenvalue weighted by atomic mass is 10.1. The minimum absolute atomic E-state index is 0.0730. The van der Waals surface area contributed by atoms with E-state index in [0.29, 0.717) is 17.1 Å². The van der Waals surface area contributed by atoms with Gasteiger partial charge in [0.25, 0.3) is 15.7 Å². The quantitative estimate of drug-likeness (QED) is 0.428. The molecule has 3 amide bonds. The van der Waals surface area contributed by atoms with E-state index in [0.717, 1.165) is 23.8 Å². The molecule has 1 aromatic heterocycles. The van der Waals surface area contributed by atoms with Crippen molar-refractivity contribution in [2.75, 3.05) is 12.4 Å². The number of sulfone groups is 1. The van der Waals surface area contributed by atoms with Gasteiger partial charge in [0, 0.05) is 31.5 Å². The number of rotatable bonds is 7. The molecule has 0 aliphatic rings. The molecule has 3 rings (SSSR count). The maximum atomic E-state index is 12.8. The third-order valence-electron chi connectivity index (χ3n) is 4.82. The Balaban J connectivity index is 1.62. The van der Waals surface area contributed by atoms with E-state index in [1.165, 1.54) is 25.4 Å². The second-order valence-corrected chi connectivity index (χ2v) is 9.38. The van der Waals surface area contributed by atoms with Crippen molar-refractivity contribution in [3.05, 3.63) is 77.6 Å². The topological polar surface area (TPSA) is 126 Å². The van der Waals surface area contributed by atoms with Gasteiger partial charge in [0.15, 0.2) is 0 Å². The van der Waals surface area contributed by atoms with Crippen molar-refractivity contribution in [2.24, 2.45) is 0 Å². The van der Waals surface area contributed by atoms with Crippen molar-refractivity contribution in [3.8, 4) is 11.5 Å². The summed E-state index contributed by atoms with van der Waals surface area (Å²) in [6.45, 7) is 1.86. The zero-order valence-electron chi connectivity index (χ0n) is 19.0. The van der Waals surface area contributed by atoms with Gasteiger partial charge < -0.3 is 20.7 Å². The number of pyridine rings is 1. The number of nitrogens with one attached hydrogen (secondary N) is 3. The fourth-order valence-corrected chi connectivity index (χ4v) is 3.83. The van der Waals surface area contributed by atoms with Crippen LogP contribution in [-0.2, 0) is 16.4 Å². The number of alkyl halides is 3. The zero-order chi connectivity index (χ0) is 26.5. The highest BCUT2D eigenvalue weighted by Gasteiger charge is 2.46. The normalized spacial score (nSPS) is 11.5. The van der Waals surface area contributed by atoms with E-state index in [4.69, 9.17) is 4.74 Å². The monoisotopic (exact) mass is 522 g/mol. The summed E-state index contributed by atoms with van der Waals surface area (Å²) >= 11 is 0. The Kier molecular flexibility index (Phi) is 7.83. The maximum Gasteiger partial charge on any atom is 0.501 e. The van der Waals surface area contributed by atoms with Crippen LogP contribution in [0.5, 0.6) is 11.5 Å². The van der Waals surface area contributed by atoms with E-state index < -0.39 is 26.3 Å². The third-order valence-corrected chi connectivity index (χ3v) is 6.30. The van der Waals surface area contributed by atoms with Gasteiger partial charge in [-0.3, -0.25) is 9.78 Å². The summed E-state index contributed by atoms with van der Waals surface area (Å²) in [4.78, 5) is 26.9. The van der Waals surface area contributed by atoms with Crippen LogP contribution >= 0.6 is 0 Å². The molecular weight excluding hydrogens is 501 g/mol. The van der Waals surface area contributed by atoms with Crippen molar-refractivity contribution < 1.29 is 35.9 Å². The Morgan fingerprint density at radius 3 is 2.47 bits per heavy atom. The smallest absolute Gasteiger partial charge is 0.457 e. The van der Waals surface area contributed by atoms with Crippen LogP contribution in [0.2, 0.25) is 0 Å². The van der Waals surface area contributed by atoms with Gasteiger partial charge in [-0.1, -0.05) is 18.2 Å². The minimum atomic E-state index is -5.54. The molecule has 0 aliphatic carbocycles. The fourth-order valence-electron chi connectivity index (χ4n) is 3.02. The van der Waals surface area contributed by atoms with E-state index in [1.54, 1.807) is 31.2 Å². The maximum absolute atomic E-state index is 12.8. The number of hydrogen-bond acceptors (Lipinski definition) is 6. The first-order valence-electron chi connectivity index (χ1n) is 10.3. The Labute approximate surface area is 204 Å². The van der Waals surface area contributed by atoms with Gasteiger partial charge in [0.05, 0.1) is 4.90 Å². The molecule has 3 N–H and O–H groups in total. The molecule has 0 fully saturated rings. The summed E-state index contributed by atoms with van der Waals surface area (Å²) in [7, 11) is -4.05. The van der Waals surface area contributed by atoms with Crippen molar-refractivity contribution in [1.82, 2.24) is 15.6 Å². The molecule has 0 saturated heterocycles. The molecule has 9 nitrogen and oxygen atoms in total. The second-order valence-electron chi connectivity index (χ2n) is 7.44. The number of anilines is 1. The van der Waals surface area contributed by atoms with E-state index >= 15 is 0 Å². The molecule has 1 heterocycles. The van der Waals surface area contributed by atoms with Gasteiger partial charge in [-0.15, -0.1) is 0 Å². The van der Waals surface area contributed by atoms with Gasteiger partial charge in [-0.2, -0.15) is 13.2 Å². The van der Waals surface area contributed by atoms with Crippen LogP contribution < -0.4 is 20.7 Å². The summed E-state index contributed by atoms with van der Waals surface area (Å²) in [6.07, 6.45) is 1.44. The van der Waals surface area contributed by atoms with Crippen LogP contribution in [0.15, 0.2) is 65.7 Å². The summed E-state index contributed by atoms with van der Waals surface area (Å²) in [6, 6.07) is 11.4. The van der Waals surface area contributed by atoms with Gasteiger partial charge in [0.1, 0.15) is 17.2 Å². The summed E-state index contributed by atoms with van der Waals surface area (Å²) in [5, 5.41) is 7.33. The van der Waals surface area contributed by atoms with Gasteiger partial charge in [-0.05, 0) is 48.4 Å². The zero-order valence-corrected chi connectivity index (χ0v) is 19.8. The number of urea groups is 1. The number of benzene rings is 2. The second kappa shape index (κ2) is 10.6. The molecule has 36 heavy (non-hydrogen) atoms.